The van der Waals surface area contributed by atoms with Crippen LogP contribution >= 0.6 is 0 Å². The predicted octanol–water partition coefficient (Wildman–Crippen LogP) is 3.53. The molecule has 1 aromatic carbocycles. The van der Waals surface area contributed by atoms with Gasteiger partial charge < -0.3 is 20.9 Å². The zero-order valence-electron chi connectivity index (χ0n) is 23.2. The van der Waals surface area contributed by atoms with Gasteiger partial charge in [-0.05, 0) is 70.1 Å². The predicted molar refractivity (Wildman–Crippen MR) is 146 cm³/mol. The number of hydrogen-bond acceptors (Lipinski definition) is 5. The summed E-state index contributed by atoms with van der Waals surface area (Å²) < 4.78 is 1.85. The molecule has 38 heavy (non-hydrogen) atoms. The fourth-order valence-corrected chi connectivity index (χ4v) is 5.83. The number of carbonyl (C=O) groups excluding carboxylic acids is 3. The molecule has 3 N–H and O–H groups in total. The summed E-state index contributed by atoms with van der Waals surface area (Å²) in [7, 11) is 0. The summed E-state index contributed by atoms with van der Waals surface area (Å²) in [6, 6.07) is 5.46. The number of fused-ring (bicyclic) bond motifs is 1. The smallest absolute Gasteiger partial charge is 0.258 e. The maximum atomic E-state index is 13.6. The molecule has 5 rings (SSSR count). The molecule has 1 atom stereocenters. The van der Waals surface area contributed by atoms with Crippen molar-refractivity contribution in [1.29, 1.82) is 0 Å². The molecule has 2 fully saturated rings. The molecular formula is C29H40N6O3. The van der Waals surface area contributed by atoms with E-state index in [1.54, 1.807) is 6.07 Å². The first-order chi connectivity index (χ1) is 17.9. The van der Waals surface area contributed by atoms with Crippen LogP contribution in [0.4, 0.5) is 5.69 Å². The summed E-state index contributed by atoms with van der Waals surface area (Å²) in [5, 5.41) is 8.27. The Morgan fingerprint density at radius 1 is 1.21 bits per heavy atom. The third kappa shape index (κ3) is 5.02. The van der Waals surface area contributed by atoms with Crippen molar-refractivity contribution in [2.24, 2.45) is 17.6 Å². The minimum absolute atomic E-state index is 0.0178. The van der Waals surface area contributed by atoms with Crippen LogP contribution in [0.5, 0.6) is 0 Å². The number of likely N-dealkylation sites (tertiary alicyclic amines) is 1. The average molecular weight is 521 g/mol. The van der Waals surface area contributed by atoms with Crippen LogP contribution < -0.4 is 11.1 Å². The first-order valence-electron chi connectivity index (χ1n) is 13.8. The van der Waals surface area contributed by atoms with E-state index in [2.05, 4.69) is 19.2 Å². The van der Waals surface area contributed by atoms with Gasteiger partial charge in [0.2, 0.25) is 5.91 Å². The number of amides is 3. The van der Waals surface area contributed by atoms with Gasteiger partial charge in [-0.3, -0.25) is 14.4 Å². The van der Waals surface area contributed by atoms with Gasteiger partial charge in [0, 0.05) is 49.7 Å². The van der Waals surface area contributed by atoms with Crippen LogP contribution in [0.25, 0.3) is 5.69 Å². The van der Waals surface area contributed by atoms with E-state index in [1.165, 1.54) is 12.8 Å². The molecule has 0 bridgehead atoms. The Hall–Kier alpha value is -3.36. The molecule has 2 aromatic rings. The van der Waals surface area contributed by atoms with Gasteiger partial charge in [-0.2, -0.15) is 5.10 Å². The van der Waals surface area contributed by atoms with Gasteiger partial charge in [0.25, 0.3) is 11.8 Å². The van der Waals surface area contributed by atoms with Crippen LogP contribution in [0.15, 0.2) is 18.2 Å². The molecule has 9 nitrogen and oxygen atoms in total. The van der Waals surface area contributed by atoms with Gasteiger partial charge in [0.1, 0.15) is 0 Å². The van der Waals surface area contributed by atoms with Crippen LogP contribution in [0, 0.1) is 18.8 Å². The number of anilines is 1. The Morgan fingerprint density at radius 3 is 2.61 bits per heavy atom. The third-order valence-electron chi connectivity index (χ3n) is 8.08. The summed E-state index contributed by atoms with van der Waals surface area (Å²) in [5.41, 5.74) is 9.49. The highest BCUT2D eigenvalue weighted by molar-refractivity contribution is 6.00. The summed E-state index contributed by atoms with van der Waals surface area (Å²) in [4.78, 5) is 42.4. The second kappa shape index (κ2) is 9.75. The lowest BCUT2D eigenvalue weighted by Gasteiger charge is -2.42. The second-order valence-electron chi connectivity index (χ2n) is 12.3. The van der Waals surface area contributed by atoms with Crippen molar-refractivity contribution in [1.82, 2.24) is 19.6 Å². The minimum Gasteiger partial charge on any atom is -0.380 e. The topological polar surface area (TPSA) is 114 Å². The van der Waals surface area contributed by atoms with E-state index in [4.69, 9.17) is 10.8 Å². The summed E-state index contributed by atoms with van der Waals surface area (Å²) in [5.74, 6) is 0.618. The Bertz CT molecular complexity index is 1280. The fraction of sp³-hybridized carbons (Fsp3) is 0.586. The minimum atomic E-state index is -0.518. The number of aryl methyl sites for hydroxylation is 1. The molecule has 0 spiro atoms. The van der Waals surface area contributed by atoms with Crippen molar-refractivity contribution in [2.75, 3.05) is 25.0 Å². The molecule has 2 aliphatic heterocycles. The number of nitrogens with one attached hydrogen (secondary N) is 1. The largest absolute Gasteiger partial charge is 0.380 e. The van der Waals surface area contributed by atoms with E-state index in [-0.39, 0.29) is 23.4 Å². The van der Waals surface area contributed by atoms with E-state index < -0.39 is 5.91 Å². The standard InChI is InChI=1S/C29H40N6O3/c1-17(2)12-25(36)33-11-10-20(16-33)31-23-13-21(8-9-22(23)27(30)37)35-24-14-29(4,5)34(15-19-6-7-19)28(38)26(24)18(3)32-35/h8-9,13,17,19-20,31H,6-7,10-12,14-16H2,1-5H3,(H2,30,37). The molecule has 204 valence electrons. The molecule has 1 aliphatic carbocycles. The van der Waals surface area contributed by atoms with E-state index in [0.717, 1.165) is 24.3 Å². The number of benzene rings is 1. The van der Waals surface area contributed by atoms with Crippen molar-refractivity contribution >= 4 is 23.4 Å². The van der Waals surface area contributed by atoms with Gasteiger partial charge in [-0.25, -0.2) is 4.68 Å². The van der Waals surface area contributed by atoms with Crippen LogP contribution in [0.2, 0.25) is 0 Å². The van der Waals surface area contributed by atoms with E-state index in [0.29, 0.717) is 60.3 Å². The molecule has 0 radical (unpaired) electrons. The van der Waals surface area contributed by atoms with Gasteiger partial charge in [0.05, 0.1) is 28.2 Å². The second-order valence-corrected chi connectivity index (χ2v) is 12.3. The molecule has 9 heteroatoms. The van der Waals surface area contributed by atoms with E-state index >= 15 is 0 Å². The molecule has 3 heterocycles. The maximum Gasteiger partial charge on any atom is 0.258 e. The van der Waals surface area contributed by atoms with Crippen LogP contribution in [-0.4, -0.2) is 68.5 Å². The lowest BCUT2D eigenvalue weighted by atomic mass is 9.87. The van der Waals surface area contributed by atoms with Gasteiger partial charge in [-0.15, -0.1) is 0 Å². The Morgan fingerprint density at radius 2 is 1.95 bits per heavy atom. The summed E-state index contributed by atoms with van der Waals surface area (Å²) >= 11 is 0. The molecular weight excluding hydrogens is 480 g/mol. The number of aromatic nitrogens is 2. The monoisotopic (exact) mass is 520 g/mol. The third-order valence-corrected chi connectivity index (χ3v) is 8.08. The van der Waals surface area contributed by atoms with Gasteiger partial charge in [0.15, 0.2) is 0 Å². The zero-order valence-corrected chi connectivity index (χ0v) is 23.2. The lowest BCUT2D eigenvalue weighted by molar-refractivity contribution is -0.130. The summed E-state index contributed by atoms with van der Waals surface area (Å²) in [6.07, 6.45) is 4.40. The first kappa shape index (κ1) is 26.3. The Balaban J connectivity index is 1.44. The van der Waals surface area contributed by atoms with Gasteiger partial charge in [-0.1, -0.05) is 13.8 Å². The lowest BCUT2D eigenvalue weighted by Crippen LogP contribution is -2.53. The number of primary amides is 1. The Labute approximate surface area is 224 Å². The van der Waals surface area contributed by atoms with Crippen molar-refractivity contribution in [2.45, 2.75) is 78.3 Å². The SMILES string of the molecule is Cc1nn(-c2ccc(C(N)=O)c(NC3CCN(C(=O)CC(C)C)C3)c2)c2c1C(=O)N(CC1CC1)C(C)(C)C2. The molecule has 1 aromatic heterocycles. The quantitative estimate of drug-likeness (QED) is 0.553. The first-order valence-corrected chi connectivity index (χ1v) is 13.8. The summed E-state index contributed by atoms with van der Waals surface area (Å²) in [6.45, 7) is 12.3. The molecule has 3 amide bonds. The molecule has 1 saturated heterocycles. The van der Waals surface area contributed by atoms with E-state index in [9.17, 15) is 14.4 Å². The Kier molecular flexibility index (Phi) is 6.73. The average Bonchev–Trinajstić information content (AvgIpc) is 3.43. The van der Waals surface area contributed by atoms with Crippen molar-refractivity contribution in [3.05, 3.63) is 40.7 Å². The normalized spacial score (nSPS) is 20.7. The number of rotatable bonds is 8. The van der Waals surface area contributed by atoms with E-state index in [1.807, 2.05) is 47.4 Å². The fourth-order valence-electron chi connectivity index (χ4n) is 5.83. The van der Waals surface area contributed by atoms with Crippen LogP contribution in [-0.2, 0) is 11.2 Å². The van der Waals surface area contributed by atoms with Crippen LogP contribution in [0.1, 0.15) is 85.5 Å². The number of carbonyl (C=O) groups is 3. The number of hydrogen-bond donors (Lipinski definition) is 2. The number of nitrogens with zero attached hydrogens (tertiary/aromatic N) is 4. The maximum absolute atomic E-state index is 13.6. The highest BCUT2D eigenvalue weighted by Crippen LogP contribution is 2.38. The zero-order chi connectivity index (χ0) is 27.4. The molecule has 1 saturated carbocycles. The highest BCUT2D eigenvalue weighted by atomic mass is 16.2. The van der Waals surface area contributed by atoms with Gasteiger partial charge >= 0.3 is 0 Å². The highest BCUT2D eigenvalue weighted by Gasteiger charge is 2.43. The van der Waals surface area contributed by atoms with Crippen molar-refractivity contribution in [3.63, 3.8) is 0 Å². The van der Waals surface area contributed by atoms with Crippen molar-refractivity contribution < 1.29 is 14.4 Å². The van der Waals surface area contributed by atoms with Crippen LogP contribution in [0.3, 0.4) is 0 Å². The molecule has 3 aliphatic rings. The van der Waals surface area contributed by atoms with Crippen molar-refractivity contribution in [3.8, 4) is 5.69 Å². The molecule has 1 unspecified atom stereocenters. The number of nitrogens with two attached hydrogens (primary N) is 1.